The summed E-state index contributed by atoms with van der Waals surface area (Å²) >= 11 is 6.14. The van der Waals surface area contributed by atoms with Gasteiger partial charge in [-0.2, -0.15) is 5.26 Å². The van der Waals surface area contributed by atoms with Crippen LogP contribution in [0.5, 0.6) is 0 Å². The van der Waals surface area contributed by atoms with Crippen molar-refractivity contribution in [3.05, 3.63) is 64.4 Å². The predicted molar refractivity (Wildman–Crippen MR) is 79.2 cm³/mol. The fourth-order valence-electron chi connectivity index (χ4n) is 2.03. The first-order valence-electron chi connectivity index (χ1n) is 6.35. The lowest BCUT2D eigenvalue weighted by molar-refractivity contribution is 0.621. The summed E-state index contributed by atoms with van der Waals surface area (Å²) in [6, 6.07) is 13.6. The second-order valence-electron chi connectivity index (χ2n) is 4.47. The molecule has 2 rings (SSSR count). The van der Waals surface area contributed by atoms with Gasteiger partial charge < -0.3 is 5.32 Å². The summed E-state index contributed by atoms with van der Waals surface area (Å²) in [7, 11) is 0. The molecule has 102 valence electrons. The van der Waals surface area contributed by atoms with Gasteiger partial charge in [0.2, 0.25) is 0 Å². The Balaban J connectivity index is 2.25. The molecule has 0 spiro atoms. The molecule has 2 aromatic carbocycles. The first-order valence-corrected chi connectivity index (χ1v) is 6.73. The molecular formula is C16H14ClFN2. The minimum atomic E-state index is -0.256. The van der Waals surface area contributed by atoms with Gasteiger partial charge in [0.15, 0.2) is 0 Å². The van der Waals surface area contributed by atoms with E-state index in [4.69, 9.17) is 16.9 Å². The van der Waals surface area contributed by atoms with Gasteiger partial charge in [-0.3, -0.25) is 0 Å². The van der Waals surface area contributed by atoms with Crippen molar-refractivity contribution in [2.75, 3.05) is 5.32 Å². The Morgan fingerprint density at radius 3 is 2.70 bits per heavy atom. The van der Waals surface area contributed by atoms with Crippen molar-refractivity contribution < 1.29 is 4.39 Å². The van der Waals surface area contributed by atoms with Crippen LogP contribution in [0.3, 0.4) is 0 Å². The summed E-state index contributed by atoms with van der Waals surface area (Å²) < 4.78 is 13.3. The molecule has 0 saturated carbocycles. The third kappa shape index (κ3) is 3.28. The number of halogens is 2. The van der Waals surface area contributed by atoms with Gasteiger partial charge in [-0.25, -0.2) is 4.39 Å². The molecule has 0 aliphatic carbocycles. The first kappa shape index (κ1) is 14.4. The lowest BCUT2D eigenvalue weighted by Gasteiger charge is -2.19. The summed E-state index contributed by atoms with van der Waals surface area (Å²) in [5, 5.41) is 12.6. The summed E-state index contributed by atoms with van der Waals surface area (Å²) in [6.45, 7) is 2.01. The van der Waals surface area contributed by atoms with Crippen LogP contribution in [0.1, 0.15) is 30.5 Å². The molecule has 20 heavy (non-hydrogen) atoms. The Labute approximate surface area is 122 Å². The number of hydrogen-bond acceptors (Lipinski definition) is 2. The molecule has 1 unspecified atom stereocenters. The molecule has 0 aliphatic rings. The molecule has 0 aromatic heterocycles. The van der Waals surface area contributed by atoms with Crippen molar-refractivity contribution >= 4 is 17.3 Å². The Morgan fingerprint density at radius 1 is 1.30 bits per heavy atom. The normalized spacial score (nSPS) is 11.7. The van der Waals surface area contributed by atoms with E-state index in [0.717, 1.165) is 17.7 Å². The zero-order valence-electron chi connectivity index (χ0n) is 11.0. The highest BCUT2D eigenvalue weighted by molar-refractivity contribution is 6.33. The lowest BCUT2D eigenvalue weighted by Crippen LogP contribution is -2.10. The largest absolute Gasteiger partial charge is 0.377 e. The molecule has 0 radical (unpaired) electrons. The van der Waals surface area contributed by atoms with Gasteiger partial charge in [0.05, 0.1) is 28.4 Å². The maximum atomic E-state index is 13.3. The second-order valence-corrected chi connectivity index (χ2v) is 4.87. The Hall–Kier alpha value is -2.05. The van der Waals surface area contributed by atoms with Crippen molar-refractivity contribution in [2.45, 2.75) is 19.4 Å². The zero-order chi connectivity index (χ0) is 14.5. The van der Waals surface area contributed by atoms with Crippen LogP contribution < -0.4 is 5.32 Å². The number of nitrogens with zero attached hydrogens (tertiary/aromatic N) is 1. The molecular weight excluding hydrogens is 275 g/mol. The van der Waals surface area contributed by atoms with Gasteiger partial charge in [-0.15, -0.1) is 0 Å². The summed E-state index contributed by atoms with van der Waals surface area (Å²) in [6.07, 6.45) is 0.791. The summed E-state index contributed by atoms with van der Waals surface area (Å²) in [5.41, 5.74) is 2.12. The van der Waals surface area contributed by atoms with E-state index in [1.807, 2.05) is 19.1 Å². The summed E-state index contributed by atoms with van der Waals surface area (Å²) in [4.78, 5) is 0. The minimum Gasteiger partial charge on any atom is -0.377 e. The third-order valence-electron chi connectivity index (χ3n) is 3.09. The smallest absolute Gasteiger partial charge is 0.123 e. The van der Waals surface area contributed by atoms with E-state index in [-0.39, 0.29) is 11.9 Å². The molecule has 0 amide bonds. The molecule has 0 aliphatic heterocycles. The van der Waals surface area contributed by atoms with E-state index < -0.39 is 0 Å². The molecule has 0 fully saturated rings. The molecule has 0 bridgehead atoms. The van der Waals surface area contributed by atoms with Gasteiger partial charge in [-0.1, -0.05) is 30.7 Å². The Bertz CT molecular complexity index is 649. The molecule has 1 N–H and O–H groups in total. The average Bonchev–Trinajstić information content (AvgIpc) is 2.46. The van der Waals surface area contributed by atoms with Crippen LogP contribution in [-0.2, 0) is 0 Å². The Morgan fingerprint density at radius 2 is 2.10 bits per heavy atom. The number of anilines is 1. The quantitative estimate of drug-likeness (QED) is 0.867. The highest BCUT2D eigenvalue weighted by Crippen LogP contribution is 2.28. The maximum absolute atomic E-state index is 13.3. The van der Waals surface area contributed by atoms with E-state index in [0.29, 0.717) is 10.6 Å². The number of hydrogen-bond donors (Lipinski definition) is 1. The van der Waals surface area contributed by atoms with Crippen molar-refractivity contribution in [3.63, 3.8) is 0 Å². The third-order valence-corrected chi connectivity index (χ3v) is 3.40. The zero-order valence-corrected chi connectivity index (χ0v) is 11.8. The van der Waals surface area contributed by atoms with E-state index in [1.165, 1.54) is 12.1 Å². The van der Waals surface area contributed by atoms with Crippen LogP contribution in [0.2, 0.25) is 5.02 Å². The fourth-order valence-corrected chi connectivity index (χ4v) is 2.27. The van der Waals surface area contributed by atoms with Gasteiger partial charge >= 0.3 is 0 Å². The number of nitriles is 1. The number of rotatable bonds is 4. The molecule has 2 aromatic rings. The predicted octanol–water partition coefficient (Wildman–Crippen LogP) is 4.91. The van der Waals surface area contributed by atoms with E-state index in [9.17, 15) is 4.39 Å². The lowest BCUT2D eigenvalue weighted by atomic mass is 10.0. The number of benzene rings is 2. The Kier molecular flexibility index (Phi) is 4.60. The SMILES string of the molecule is CCC(Nc1ccc(C#N)cc1Cl)c1cccc(F)c1. The molecule has 2 nitrogen and oxygen atoms in total. The van der Waals surface area contributed by atoms with Gasteiger partial charge in [0, 0.05) is 0 Å². The van der Waals surface area contributed by atoms with Gasteiger partial charge in [0.1, 0.15) is 5.82 Å². The summed E-state index contributed by atoms with van der Waals surface area (Å²) in [5.74, 6) is -0.256. The second kappa shape index (κ2) is 6.40. The van der Waals surface area contributed by atoms with Gasteiger partial charge in [0.25, 0.3) is 0 Å². The topological polar surface area (TPSA) is 35.8 Å². The fraction of sp³-hybridized carbons (Fsp3) is 0.188. The van der Waals surface area contributed by atoms with Crippen LogP contribution >= 0.6 is 11.6 Å². The maximum Gasteiger partial charge on any atom is 0.123 e. The highest BCUT2D eigenvalue weighted by Gasteiger charge is 2.12. The van der Waals surface area contributed by atoms with Crippen LogP contribution in [0.15, 0.2) is 42.5 Å². The molecule has 1 atom stereocenters. The van der Waals surface area contributed by atoms with Gasteiger partial charge in [-0.05, 0) is 42.3 Å². The van der Waals surface area contributed by atoms with Crippen LogP contribution in [0, 0.1) is 17.1 Å². The minimum absolute atomic E-state index is 0.0314. The monoisotopic (exact) mass is 288 g/mol. The molecule has 0 heterocycles. The van der Waals surface area contributed by atoms with Crippen LogP contribution in [0.4, 0.5) is 10.1 Å². The van der Waals surface area contributed by atoms with Crippen molar-refractivity contribution in [2.24, 2.45) is 0 Å². The van der Waals surface area contributed by atoms with Crippen LogP contribution in [0.25, 0.3) is 0 Å². The van der Waals surface area contributed by atoms with Crippen molar-refractivity contribution in [1.82, 2.24) is 0 Å². The van der Waals surface area contributed by atoms with Crippen molar-refractivity contribution in [1.29, 1.82) is 5.26 Å². The first-order chi connectivity index (χ1) is 9.63. The van der Waals surface area contributed by atoms with E-state index in [1.54, 1.807) is 24.3 Å². The molecule has 4 heteroatoms. The standard InChI is InChI=1S/C16H14ClFN2/c1-2-15(12-4-3-5-13(18)9-12)20-16-7-6-11(10-19)8-14(16)17/h3-9,15,20H,2H2,1H3. The van der Waals surface area contributed by atoms with Crippen LogP contribution in [-0.4, -0.2) is 0 Å². The van der Waals surface area contributed by atoms with Crippen molar-refractivity contribution in [3.8, 4) is 6.07 Å². The highest BCUT2D eigenvalue weighted by atomic mass is 35.5. The molecule has 0 saturated heterocycles. The number of nitrogens with one attached hydrogen (secondary N) is 1. The average molecular weight is 289 g/mol. The van der Waals surface area contributed by atoms with E-state index >= 15 is 0 Å². The van der Waals surface area contributed by atoms with E-state index in [2.05, 4.69) is 5.32 Å².